The molecule has 98 valence electrons. The van der Waals surface area contributed by atoms with Crippen LogP contribution in [0, 0.1) is 25.2 Å². The number of anilines is 1. The molecule has 0 amide bonds. The Morgan fingerprint density at radius 1 is 1.47 bits per heavy atom. The van der Waals surface area contributed by atoms with Gasteiger partial charge >= 0.3 is 0 Å². The summed E-state index contributed by atoms with van der Waals surface area (Å²) < 4.78 is 5.50. The summed E-state index contributed by atoms with van der Waals surface area (Å²) in [6.45, 7) is 5.82. The van der Waals surface area contributed by atoms with E-state index in [9.17, 15) is 0 Å². The van der Waals surface area contributed by atoms with Gasteiger partial charge < -0.3 is 9.73 Å². The summed E-state index contributed by atoms with van der Waals surface area (Å²) in [6.07, 6.45) is 1.56. The smallest absolute Gasteiger partial charge is 0.146 e. The summed E-state index contributed by atoms with van der Waals surface area (Å²) >= 11 is 6.11. The maximum absolute atomic E-state index is 8.94. The first-order chi connectivity index (χ1) is 9.02. The monoisotopic (exact) mass is 275 g/mol. The number of hydrogen-bond donors (Lipinski definition) is 1. The minimum Gasteiger partial charge on any atom is -0.466 e. The lowest BCUT2D eigenvalue weighted by Crippen LogP contribution is -2.09. The Morgan fingerprint density at radius 2 is 2.21 bits per heavy atom. The minimum absolute atomic E-state index is 0.00334. The fourth-order valence-corrected chi connectivity index (χ4v) is 2.20. The second-order valence-corrected chi connectivity index (χ2v) is 4.75. The van der Waals surface area contributed by atoms with Crippen molar-refractivity contribution in [3.63, 3.8) is 0 Å². The Balaban J connectivity index is 2.27. The lowest BCUT2D eigenvalue weighted by molar-refractivity contribution is 0.500. The molecule has 2 aromatic heterocycles. The van der Waals surface area contributed by atoms with E-state index in [0.29, 0.717) is 16.4 Å². The first kappa shape index (κ1) is 13.4. The molecule has 0 spiro atoms. The van der Waals surface area contributed by atoms with Crippen molar-refractivity contribution in [2.45, 2.75) is 26.8 Å². The van der Waals surface area contributed by atoms with Crippen LogP contribution in [0.2, 0.25) is 5.02 Å². The van der Waals surface area contributed by atoms with Gasteiger partial charge in [-0.2, -0.15) is 5.26 Å². The summed E-state index contributed by atoms with van der Waals surface area (Å²) in [6, 6.07) is 5.60. The van der Waals surface area contributed by atoms with E-state index in [2.05, 4.69) is 10.3 Å². The van der Waals surface area contributed by atoms with E-state index >= 15 is 0 Å². The Labute approximate surface area is 117 Å². The van der Waals surface area contributed by atoms with Gasteiger partial charge in [0.1, 0.15) is 28.4 Å². The topological polar surface area (TPSA) is 61.9 Å². The molecule has 2 heterocycles. The highest BCUT2D eigenvalue weighted by atomic mass is 35.5. The van der Waals surface area contributed by atoms with E-state index in [1.54, 1.807) is 12.3 Å². The Kier molecular flexibility index (Phi) is 3.77. The summed E-state index contributed by atoms with van der Waals surface area (Å²) in [7, 11) is 0. The van der Waals surface area contributed by atoms with E-state index in [1.165, 1.54) is 0 Å². The van der Waals surface area contributed by atoms with Crippen LogP contribution >= 0.6 is 11.6 Å². The molecule has 1 atom stereocenters. The summed E-state index contributed by atoms with van der Waals surface area (Å²) in [5.74, 6) is 2.24. The molecule has 0 aliphatic heterocycles. The zero-order valence-electron chi connectivity index (χ0n) is 11.0. The van der Waals surface area contributed by atoms with Gasteiger partial charge in [-0.25, -0.2) is 4.98 Å². The molecule has 0 aliphatic carbocycles. The number of nitrogens with zero attached hydrogens (tertiary/aromatic N) is 2. The van der Waals surface area contributed by atoms with Crippen molar-refractivity contribution in [3.8, 4) is 6.07 Å². The van der Waals surface area contributed by atoms with E-state index in [0.717, 1.165) is 17.1 Å². The van der Waals surface area contributed by atoms with Crippen LogP contribution in [-0.2, 0) is 0 Å². The molecule has 0 aromatic carbocycles. The maximum Gasteiger partial charge on any atom is 0.146 e. The molecule has 0 aliphatic rings. The summed E-state index contributed by atoms with van der Waals surface area (Å²) in [5, 5.41) is 12.5. The van der Waals surface area contributed by atoms with Gasteiger partial charge in [-0.05, 0) is 32.9 Å². The molecular formula is C14H14ClN3O. The van der Waals surface area contributed by atoms with Crippen LogP contribution in [0.3, 0.4) is 0 Å². The number of aryl methyl sites for hydroxylation is 2. The molecule has 5 heteroatoms. The third kappa shape index (κ3) is 2.72. The quantitative estimate of drug-likeness (QED) is 0.920. The van der Waals surface area contributed by atoms with Gasteiger partial charge in [0.15, 0.2) is 0 Å². The number of nitrogens with one attached hydrogen (secondary N) is 1. The van der Waals surface area contributed by atoms with Crippen LogP contribution in [0.1, 0.15) is 35.6 Å². The Bertz CT molecular complexity index is 643. The number of aromatic nitrogens is 1. The van der Waals surface area contributed by atoms with Crippen LogP contribution in [0.4, 0.5) is 5.82 Å². The predicted octanol–water partition coefficient (Wildman–Crippen LogP) is 3.99. The molecular weight excluding hydrogens is 262 g/mol. The number of rotatable bonds is 3. The van der Waals surface area contributed by atoms with Gasteiger partial charge in [-0.15, -0.1) is 0 Å². The molecule has 0 bridgehead atoms. The maximum atomic E-state index is 8.94. The molecule has 4 nitrogen and oxygen atoms in total. The Morgan fingerprint density at radius 3 is 2.79 bits per heavy atom. The lowest BCUT2D eigenvalue weighted by atomic mass is 10.1. The van der Waals surface area contributed by atoms with E-state index in [-0.39, 0.29) is 6.04 Å². The second-order valence-electron chi connectivity index (χ2n) is 4.37. The number of furan rings is 1. The fraction of sp³-hybridized carbons (Fsp3) is 0.286. The van der Waals surface area contributed by atoms with E-state index < -0.39 is 0 Å². The van der Waals surface area contributed by atoms with Crippen molar-refractivity contribution in [2.75, 3.05) is 5.32 Å². The minimum atomic E-state index is -0.00334. The zero-order chi connectivity index (χ0) is 14.0. The molecule has 2 aromatic rings. The largest absolute Gasteiger partial charge is 0.466 e. The van der Waals surface area contributed by atoms with Gasteiger partial charge in [-0.1, -0.05) is 11.6 Å². The second kappa shape index (κ2) is 5.33. The van der Waals surface area contributed by atoms with Crippen molar-refractivity contribution in [2.24, 2.45) is 0 Å². The van der Waals surface area contributed by atoms with Crippen molar-refractivity contribution in [3.05, 3.63) is 46.0 Å². The molecule has 2 rings (SSSR count). The SMILES string of the molecule is Cc1cc(C(C)Nc2nccc(C#N)c2Cl)c(C)o1. The number of nitriles is 1. The van der Waals surface area contributed by atoms with Crippen molar-refractivity contribution < 1.29 is 4.42 Å². The van der Waals surface area contributed by atoms with Gasteiger partial charge in [0.2, 0.25) is 0 Å². The van der Waals surface area contributed by atoms with E-state index in [4.69, 9.17) is 21.3 Å². The third-order valence-corrected chi connectivity index (χ3v) is 3.29. The van der Waals surface area contributed by atoms with Crippen LogP contribution in [-0.4, -0.2) is 4.98 Å². The first-order valence-electron chi connectivity index (χ1n) is 5.91. The van der Waals surface area contributed by atoms with Gasteiger partial charge in [0.05, 0.1) is 11.6 Å². The van der Waals surface area contributed by atoms with Crippen LogP contribution in [0.15, 0.2) is 22.7 Å². The number of halogens is 1. The van der Waals surface area contributed by atoms with Crippen LogP contribution in [0.25, 0.3) is 0 Å². The number of hydrogen-bond acceptors (Lipinski definition) is 4. The molecule has 1 unspecified atom stereocenters. The predicted molar refractivity (Wildman–Crippen MR) is 74.2 cm³/mol. The normalized spacial score (nSPS) is 11.9. The average molecular weight is 276 g/mol. The fourth-order valence-electron chi connectivity index (χ4n) is 1.99. The first-order valence-corrected chi connectivity index (χ1v) is 6.28. The van der Waals surface area contributed by atoms with Gasteiger partial charge in [0, 0.05) is 11.8 Å². The lowest BCUT2D eigenvalue weighted by Gasteiger charge is -2.15. The van der Waals surface area contributed by atoms with Gasteiger partial charge in [-0.3, -0.25) is 0 Å². The van der Waals surface area contributed by atoms with Crippen molar-refractivity contribution >= 4 is 17.4 Å². The summed E-state index contributed by atoms with van der Waals surface area (Å²) in [4.78, 5) is 4.16. The van der Waals surface area contributed by atoms with Crippen LogP contribution in [0.5, 0.6) is 0 Å². The Hall–Kier alpha value is -1.99. The zero-order valence-corrected chi connectivity index (χ0v) is 11.7. The average Bonchev–Trinajstić information content (AvgIpc) is 2.71. The highest BCUT2D eigenvalue weighted by Gasteiger charge is 2.15. The molecule has 1 N–H and O–H groups in total. The molecule has 0 radical (unpaired) electrons. The van der Waals surface area contributed by atoms with Gasteiger partial charge in [0.25, 0.3) is 0 Å². The molecule has 0 saturated heterocycles. The third-order valence-electron chi connectivity index (χ3n) is 2.91. The molecule has 0 saturated carbocycles. The molecule has 19 heavy (non-hydrogen) atoms. The highest BCUT2D eigenvalue weighted by molar-refractivity contribution is 6.34. The highest BCUT2D eigenvalue weighted by Crippen LogP contribution is 2.28. The van der Waals surface area contributed by atoms with Crippen LogP contribution < -0.4 is 5.32 Å². The van der Waals surface area contributed by atoms with Crippen molar-refractivity contribution in [1.82, 2.24) is 4.98 Å². The number of pyridine rings is 1. The standard InChI is InChI=1S/C14H14ClN3O/c1-8-6-12(10(3)19-8)9(2)18-14-13(15)11(7-16)4-5-17-14/h4-6,9H,1-3H3,(H,17,18). The molecule has 0 fully saturated rings. The summed E-state index contributed by atoms with van der Waals surface area (Å²) in [5.41, 5.74) is 1.46. The van der Waals surface area contributed by atoms with Crippen molar-refractivity contribution in [1.29, 1.82) is 5.26 Å². The van der Waals surface area contributed by atoms with E-state index in [1.807, 2.05) is 32.9 Å².